The van der Waals surface area contributed by atoms with Gasteiger partial charge in [0.1, 0.15) is 0 Å². The minimum atomic E-state index is -0.755. The van der Waals surface area contributed by atoms with Gasteiger partial charge in [0, 0.05) is 24.7 Å². The predicted octanol–water partition coefficient (Wildman–Crippen LogP) is 2.25. The lowest BCUT2D eigenvalue weighted by atomic mass is 9.99. The molecule has 1 amide bonds. The number of ether oxygens (including phenoxy) is 1. The van der Waals surface area contributed by atoms with Crippen molar-refractivity contribution in [3.05, 3.63) is 57.6 Å². The number of benzene rings is 2. The van der Waals surface area contributed by atoms with Gasteiger partial charge in [0.2, 0.25) is 5.75 Å². The summed E-state index contributed by atoms with van der Waals surface area (Å²) >= 11 is 0. The first-order valence-corrected chi connectivity index (χ1v) is 7.95. The topological polar surface area (TPSA) is 110 Å². The van der Waals surface area contributed by atoms with Crippen molar-refractivity contribution in [2.24, 2.45) is 0 Å². The zero-order valence-corrected chi connectivity index (χ0v) is 13.8. The Morgan fingerprint density at radius 1 is 1.19 bits per heavy atom. The highest BCUT2D eigenvalue weighted by Crippen LogP contribution is 2.34. The Kier molecular flexibility index (Phi) is 4.94. The van der Waals surface area contributed by atoms with Crippen molar-refractivity contribution in [2.45, 2.75) is 0 Å². The highest BCUT2D eigenvalue weighted by atomic mass is 16.6. The summed E-state index contributed by atoms with van der Waals surface area (Å²) in [6, 6.07) is 9.16. The molecule has 8 nitrogen and oxygen atoms in total. The van der Waals surface area contributed by atoms with Gasteiger partial charge in [-0.2, -0.15) is 0 Å². The zero-order valence-electron chi connectivity index (χ0n) is 13.8. The van der Waals surface area contributed by atoms with Crippen LogP contribution in [-0.2, 0) is 4.74 Å². The molecule has 0 radical (unpaired) electrons. The van der Waals surface area contributed by atoms with Crippen molar-refractivity contribution in [1.29, 1.82) is 0 Å². The average Bonchev–Trinajstić information content (AvgIpc) is 2.68. The van der Waals surface area contributed by atoms with Gasteiger partial charge in [-0.25, -0.2) is 0 Å². The number of nitro benzene ring substituents is 1. The predicted molar refractivity (Wildman–Crippen MR) is 92.3 cm³/mol. The number of hydrogen-bond donors (Lipinski definition) is 1. The quantitative estimate of drug-likeness (QED) is 0.511. The van der Waals surface area contributed by atoms with Gasteiger partial charge in [0.25, 0.3) is 5.91 Å². The van der Waals surface area contributed by atoms with Crippen LogP contribution in [-0.4, -0.2) is 53.4 Å². The first kappa shape index (κ1) is 17.6. The molecule has 1 saturated heterocycles. The summed E-state index contributed by atoms with van der Waals surface area (Å²) in [4.78, 5) is 35.7. The van der Waals surface area contributed by atoms with E-state index in [9.17, 15) is 24.8 Å². The van der Waals surface area contributed by atoms with E-state index in [-0.39, 0.29) is 11.5 Å². The van der Waals surface area contributed by atoms with Crippen molar-refractivity contribution in [3.8, 4) is 16.9 Å². The molecule has 0 spiro atoms. The minimum Gasteiger partial charge on any atom is -0.502 e. The maximum absolute atomic E-state index is 12.6. The second-order valence-corrected chi connectivity index (χ2v) is 5.79. The van der Waals surface area contributed by atoms with E-state index in [2.05, 4.69) is 0 Å². The van der Waals surface area contributed by atoms with Crippen molar-refractivity contribution in [2.75, 3.05) is 26.3 Å². The first-order valence-electron chi connectivity index (χ1n) is 7.95. The van der Waals surface area contributed by atoms with Crippen LogP contribution in [0, 0.1) is 10.1 Å². The van der Waals surface area contributed by atoms with Crippen molar-refractivity contribution >= 4 is 17.9 Å². The van der Waals surface area contributed by atoms with E-state index in [0.717, 1.165) is 0 Å². The second-order valence-electron chi connectivity index (χ2n) is 5.79. The van der Waals surface area contributed by atoms with Crippen molar-refractivity contribution in [3.63, 3.8) is 0 Å². The lowest BCUT2D eigenvalue weighted by molar-refractivity contribution is -0.385. The Hall–Kier alpha value is -3.26. The van der Waals surface area contributed by atoms with Crippen LogP contribution < -0.4 is 0 Å². The number of aldehydes is 1. The van der Waals surface area contributed by atoms with Crippen LogP contribution in [0.5, 0.6) is 5.75 Å². The van der Waals surface area contributed by atoms with Crippen LogP contribution in [0.4, 0.5) is 5.69 Å². The van der Waals surface area contributed by atoms with Crippen LogP contribution in [0.25, 0.3) is 11.1 Å². The van der Waals surface area contributed by atoms with Gasteiger partial charge in [-0.3, -0.25) is 19.7 Å². The summed E-state index contributed by atoms with van der Waals surface area (Å²) in [5.74, 6) is -0.826. The van der Waals surface area contributed by atoms with Gasteiger partial charge < -0.3 is 14.7 Å². The fourth-order valence-electron chi connectivity index (χ4n) is 2.82. The van der Waals surface area contributed by atoms with E-state index in [1.165, 1.54) is 12.1 Å². The van der Waals surface area contributed by atoms with E-state index in [4.69, 9.17) is 4.74 Å². The smallest absolute Gasteiger partial charge is 0.312 e. The van der Waals surface area contributed by atoms with E-state index in [0.29, 0.717) is 49.3 Å². The van der Waals surface area contributed by atoms with Gasteiger partial charge in [-0.15, -0.1) is 0 Å². The molecule has 134 valence electrons. The number of phenolic OH excluding ortho intramolecular Hbond substituents is 1. The monoisotopic (exact) mass is 356 g/mol. The number of amides is 1. The van der Waals surface area contributed by atoms with Crippen LogP contribution >= 0.6 is 0 Å². The third kappa shape index (κ3) is 3.40. The number of carbonyl (C=O) groups is 2. The Labute approximate surface area is 148 Å². The van der Waals surface area contributed by atoms with E-state index < -0.39 is 16.4 Å². The van der Waals surface area contributed by atoms with Crippen LogP contribution in [0.3, 0.4) is 0 Å². The summed E-state index contributed by atoms with van der Waals surface area (Å²) in [6.07, 6.45) is 0.356. The Morgan fingerprint density at radius 3 is 2.58 bits per heavy atom. The van der Waals surface area contributed by atoms with Crippen LogP contribution in [0.1, 0.15) is 20.7 Å². The number of hydrogen-bond acceptors (Lipinski definition) is 6. The molecular formula is C18H16N2O6. The molecule has 0 saturated carbocycles. The van der Waals surface area contributed by atoms with Gasteiger partial charge in [0.05, 0.1) is 23.7 Å². The molecule has 2 aromatic carbocycles. The van der Waals surface area contributed by atoms with Crippen LogP contribution in [0.2, 0.25) is 0 Å². The summed E-state index contributed by atoms with van der Waals surface area (Å²) in [7, 11) is 0. The number of nitrogens with zero attached hydrogens (tertiary/aromatic N) is 2. The molecule has 1 fully saturated rings. The van der Waals surface area contributed by atoms with Crippen molar-refractivity contribution in [1.82, 2.24) is 4.90 Å². The number of nitro groups is 1. The molecule has 8 heteroatoms. The maximum Gasteiger partial charge on any atom is 0.312 e. The van der Waals surface area contributed by atoms with Gasteiger partial charge in [-0.1, -0.05) is 12.1 Å². The largest absolute Gasteiger partial charge is 0.502 e. The fraction of sp³-hybridized carbons (Fsp3) is 0.222. The Balaban J connectivity index is 2.00. The third-order valence-electron chi connectivity index (χ3n) is 4.18. The molecule has 0 bridgehead atoms. The van der Waals surface area contributed by atoms with Gasteiger partial charge in [-0.05, 0) is 29.3 Å². The Bertz CT molecular complexity index is 874. The zero-order chi connectivity index (χ0) is 18.7. The number of rotatable bonds is 4. The number of carbonyl (C=O) groups excluding carboxylic acids is 2. The van der Waals surface area contributed by atoms with E-state index in [1.54, 1.807) is 29.2 Å². The molecule has 1 aliphatic rings. The average molecular weight is 356 g/mol. The number of phenols is 1. The summed E-state index contributed by atoms with van der Waals surface area (Å²) in [5.41, 5.74) is 0.602. The number of morpholine rings is 1. The lowest BCUT2D eigenvalue weighted by Crippen LogP contribution is -2.40. The van der Waals surface area contributed by atoms with Crippen LogP contribution in [0.15, 0.2) is 36.4 Å². The maximum atomic E-state index is 12.6. The molecule has 0 unspecified atom stereocenters. The molecule has 1 aliphatic heterocycles. The molecule has 0 aromatic heterocycles. The van der Waals surface area contributed by atoms with Gasteiger partial charge >= 0.3 is 5.69 Å². The minimum absolute atomic E-state index is 0.154. The molecular weight excluding hydrogens is 340 g/mol. The molecule has 0 aliphatic carbocycles. The van der Waals surface area contributed by atoms with Crippen molar-refractivity contribution < 1.29 is 24.4 Å². The SMILES string of the molecule is O=Cc1cc(-c2cccc(C(=O)N3CCOCC3)c2)cc([N+](=O)[O-])c1O. The van der Waals surface area contributed by atoms with E-state index in [1.807, 2.05) is 0 Å². The number of aromatic hydroxyl groups is 1. The molecule has 26 heavy (non-hydrogen) atoms. The highest BCUT2D eigenvalue weighted by Gasteiger charge is 2.21. The molecule has 1 heterocycles. The molecule has 2 aromatic rings. The molecule has 1 N–H and O–H groups in total. The van der Waals surface area contributed by atoms with Gasteiger partial charge in [0.15, 0.2) is 6.29 Å². The summed E-state index contributed by atoms with van der Waals surface area (Å²) in [6.45, 7) is 1.97. The third-order valence-corrected chi connectivity index (χ3v) is 4.18. The van der Waals surface area contributed by atoms with E-state index >= 15 is 0 Å². The molecule has 0 atom stereocenters. The molecule has 3 rings (SSSR count). The summed E-state index contributed by atoms with van der Waals surface area (Å²) < 4.78 is 5.24. The first-order chi connectivity index (χ1) is 12.5. The second kappa shape index (κ2) is 7.32. The Morgan fingerprint density at radius 2 is 1.92 bits per heavy atom. The lowest BCUT2D eigenvalue weighted by Gasteiger charge is -2.27. The normalized spacial score (nSPS) is 14.1. The fourth-order valence-corrected chi connectivity index (χ4v) is 2.82. The highest BCUT2D eigenvalue weighted by molar-refractivity contribution is 5.96. The standard InChI is InChI=1S/C18H16N2O6/c21-11-15-9-14(10-16(17(15)22)20(24)25)12-2-1-3-13(8-12)18(23)19-4-6-26-7-5-19/h1-3,8-11,22H,4-7H2. The summed E-state index contributed by atoms with van der Waals surface area (Å²) in [5, 5.41) is 20.9.